The first-order valence-electron chi connectivity index (χ1n) is 7.94. The minimum Gasteiger partial charge on any atom is -0.338 e. The average Bonchev–Trinajstić information content (AvgIpc) is 3.01. The fourth-order valence-corrected chi connectivity index (χ4v) is 2.71. The van der Waals surface area contributed by atoms with Gasteiger partial charge < -0.3 is 5.32 Å². The summed E-state index contributed by atoms with van der Waals surface area (Å²) in [5.41, 5.74) is 3.18. The van der Waals surface area contributed by atoms with Crippen molar-refractivity contribution >= 4 is 17.3 Å². The zero-order valence-electron chi connectivity index (χ0n) is 13.9. The second kappa shape index (κ2) is 5.98. The molecule has 0 saturated heterocycles. The van der Waals surface area contributed by atoms with Crippen LogP contribution in [0.25, 0.3) is 17.2 Å². The van der Waals surface area contributed by atoms with Crippen molar-refractivity contribution in [3.8, 4) is 11.4 Å². The quantitative estimate of drug-likeness (QED) is 0.608. The summed E-state index contributed by atoms with van der Waals surface area (Å²) in [7, 11) is 0. The van der Waals surface area contributed by atoms with Crippen LogP contribution in [0.4, 0.5) is 15.9 Å². The summed E-state index contributed by atoms with van der Waals surface area (Å²) in [4.78, 5) is 8.97. The third-order valence-electron chi connectivity index (χ3n) is 3.96. The van der Waals surface area contributed by atoms with E-state index in [1.54, 1.807) is 22.7 Å². The number of nitrogens with zero attached hydrogens (tertiary/aromatic N) is 4. The molecule has 0 fully saturated rings. The number of hydrogen-bond donors (Lipinski definition) is 1. The highest BCUT2D eigenvalue weighted by atomic mass is 19.1. The Labute approximate surface area is 144 Å². The Hall–Kier alpha value is -3.28. The summed E-state index contributed by atoms with van der Waals surface area (Å²) in [5, 5.41) is 7.65. The molecule has 2 aromatic heterocycles. The molecule has 0 aliphatic carbocycles. The van der Waals surface area contributed by atoms with E-state index in [9.17, 15) is 4.39 Å². The monoisotopic (exact) mass is 333 g/mol. The molecule has 5 nitrogen and oxygen atoms in total. The largest absolute Gasteiger partial charge is 0.338 e. The third kappa shape index (κ3) is 2.82. The minimum atomic E-state index is -0.329. The van der Waals surface area contributed by atoms with Crippen LogP contribution in [0.3, 0.4) is 0 Å². The molecule has 0 aliphatic heterocycles. The van der Waals surface area contributed by atoms with Crippen LogP contribution >= 0.6 is 0 Å². The van der Waals surface area contributed by atoms with Crippen LogP contribution in [-0.4, -0.2) is 19.6 Å². The van der Waals surface area contributed by atoms with Crippen molar-refractivity contribution < 1.29 is 4.39 Å². The van der Waals surface area contributed by atoms with Gasteiger partial charge in [0.25, 0.3) is 5.78 Å². The van der Waals surface area contributed by atoms with Crippen LogP contribution in [0, 0.1) is 19.7 Å². The van der Waals surface area contributed by atoms with E-state index in [0.29, 0.717) is 23.1 Å². The van der Waals surface area contributed by atoms with Gasteiger partial charge >= 0.3 is 0 Å². The van der Waals surface area contributed by atoms with Crippen molar-refractivity contribution in [2.24, 2.45) is 0 Å². The van der Waals surface area contributed by atoms with Gasteiger partial charge in [-0.05, 0) is 31.5 Å². The van der Waals surface area contributed by atoms with Gasteiger partial charge in [-0.2, -0.15) is 9.50 Å². The van der Waals surface area contributed by atoms with Gasteiger partial charge in [0, 0.05) is 17.3 Å². The topological polar surface area (TPSA) is 55.1 Å². The molecule has 0 radical (unpaired) electrons. The SMILES string of the molecule is Cc1cc(Nc2ccccc2F)n2nc(-c3ccccc3C)nc2n1. The van der Waals surface area contributed by atoms with Crippen molar-refractivity contribution in [3.05, 3.63) is 71.7 Å². The molecule has 2 heterocycles. The standard InChI is InChI=1S/C19H16FN5/c1-12-7-3-4-8-14(12)18-23-19-21-13(2)11-17(25(19)24-18)22-16-10-6-5-9-15(16)20/h3-11,22H,1-2H3. The number of aromatic nitrogens is 4. The summed E-state index contributed by atoms with van der Waals surface area (Å²) < 4.78 is 15.6. The molecular weight excluding hydrogens is 317 g/mol. The van der Waals surface area contributed by atoms with Crippen molar-refractivity contribution in [3.63, 3.8) is 0 Å². The number of aryl methyl sites for hydroxylation is 2. The molecule has 0 bridgehead atoms. The predicted molar refractivity (Wildman–Crippen MR) is 95.4 cm³/mol. The highest BCUT2D eigenvalue weighted by molar-refractivity contribution is 5.64. The fourth-order valence-electron chi connectivity index (χ4n) is 2.71. The second-order valence-electron chi connectivity index (χ2n) is 5.85. The maximum absolute atomic E-state index is 14.0. The molecule has 0 unspecified atom stereocenters. The van der Waals surface area contributed by atoms with Crippen molar-refractivity contribution in [1.29, 1.82) is 0 Å². The van der Waals surface area contributed by atoms with E-state index in [-0.39, 0.29) is 5.82 Å². The van der Waals surface area contributed by atoms with Crippen molar-refractivity contribution in [2.45, 2.75) is 13.8 Å². The van der Waals surface area contributed by atoms with Crippen LogP contribution < -0.4 is 5.32 Å². The first kappa shape index (κ1) is 15.3. The molecule has 2 aromatic carbocycles. The molecule has 25 heavy (non-hydrogen) atoms. The van der Waals surface area contributed by atoms with Gasteiger partial charge in [-0.15, -0.1) is 5.10 Å². The number of nitrogens with one attached hydrogen (secondary N) is 1. The van der Waals surface area contributed by atoms with E-state index in [4.69, 9.17) is 0 Å². The van der Waals surface area contributed by atoms with Crippen molar-refractivity contribution in [1.82, 2.24) is 19.6 Å². The Morgan fingerprint density at radius 1 is 0.960 bits per heavy atom. The number of fused-ring (bicyclic) bond motifs is 1. The summed E-state index contributed by atoms with van der Waals surface area (Å²) >= 11 is 0. The van der Waals surface area contributed by atoms with Crippen molar-refractivity contribution in [2.75, 3.05) is 5.32 Å². The van der Waals surface area contributed by atoms with Crippen LogP contribution in [0.1, 0.15) is 11.3 Å². The number of hydrogen-bond acceptors (Lipinski definition) is 4. The van der Waals surface area contributed by atoms with E-state index in [2.05, 4.69) is 20.4 Å². The molecule has 0 saturated carbocycles. The molecule has 0 amide bonds. The maximum Gasteiger partial charge on any atom is 0.254 e. The lowest BCUT2D eigenvalue weighted by Gasteiger charge is -2.09. The highest BCUT2D eigenvalue weighted by Crippen LogP contribution is 2.24. The molecule has 1 N–H and O–H groups in total. The number of halogens is 1. The zero-order valence-corrected chi connectivity index (χ0v) is 13.9. The van der Waals surface area contributed by atoms with Crippen LogP contribution in [0.2, 0.25) is 0 Å². The molecule has 124 valence electrons. The Balaban J connectivity index is 1.85. The van der Waals surface area contributed by atoms with Crippen LogP contribution in [0.5, 0.6) is 0 Å². The van der Waals surface area contributed by atoms with Gasteiger partial charge in [-0.25, -0.2) is 9.37 Å². The van der Waals surface area contributed by atoms with E-state index < -0.39 is 0 Å². The van der Waals surface area contributed by atoms with E-state index in [1.165, 1.54) is 6.07 Å². The lowest BCUT2D eigenvalue weighted by molar-refractivity contribution is 0.631. The summed E-state index contributed by atoms with van der Waals surface area (Å²) in [6.07, 6.45) is 0. The Bertz CT molecular complexity index is 1070. The number of benzene rings is 2. The molecule has 0 atom stereocenters. The van der Waals surface area contributed by atoms with E-state index in [1.807, 2.05) is 44.2 Å². The Morgan fingerprint density at radius 3 is 2.52 bits per heavy atom. The normalized spacial score (nSPS) is 11.0. The molecule has 4 rings (SSSR count). The molecule has 0 spiro atoms. The van der Waals surface area contributed by atoms with Gasteiger partial charge in [0.2, 0.25) is 0 Å². The summed E-state index contributed by atoms with van der Waals surface area (Å²) in [6.45, 7) is 3.88. The number of anilines is 2. The van der Waals surface area contributed by atoms with E-state index in [0.717, 1.165) is 16.8 Å². The molecular formula is C19H16FN5. The second-order valence-corrected chi connectivity index (χ2v) is 5.85. The summed E-state index contributed by atoms with van der Waals surface area (Å²) in [5.74, 6) is 1.34. The fraction of sp³-hybridized carbons (Fsp3) is 0.105. The van der Waals surface area contributed by atoms with Gasteiger partial charge in [-0.3, -0.25) is 0 Å². The van der Waals surface area contributed by atoms with Gasteiger partial charge in [-0.1, -0.05) is 36.4 Å². The van der Waals surface area contributed by atoms with Crippen LogP contribution in [-0.2, 0) is 0 Å². The predicted octanol–water partition coefficient (Wildman–Crippen LogP) is 4.29. The average molecular weight is 333 g/mol. The Morgan fingerprint density at radius 2 is 1.72 bits per heavy atom. The smallest absolute Gasteiger partial charge is 0.254 e. The lowest BCUT2D eigenvalue weighted by Crippen LogP contribution is -2.03. The molecule has 0 aliphatic rings. The minimum absolute atomic E-state index is 0.329. The van der Waals surface area contributed by atoms with Gasteiger partial charge in [0.1, 0.15) is 11.6 Å². The zero-order chi connectivity index (χ0) is 17.4. The molecule has 4 aromatic rings. The number of para-hydroxylation sites is 1. The van der Waals surface area contributed by atoms with Crippen LogP contribution in [0.15, 0.2) is 54.6 Å². The summed E-state index contributed by atoms with van der Waals surface area (Å²) in [6, 6.07) is 16.2. The van der Waals surface area contributed by atoms with E-state index >= 15 is 0 Å². The van der Waals surface area contributed by atoms with Gasteiger partial charge in [0.05, 0.1) is 5.69 Å². The lowest BCUT2D eigenvalue weighted by atomic mass is 10.1. The molecule has 6 heteroatoms. The number of rotatable bonds is 3. The van der Waals surface area contributed by atoms with Gasteiger partial charge in [0.15, 0.2) is 5.82 Å². The first-order valence-corrected chi connectivity index (χ1v) is 7.94. The highest BCUT2D eigenvalue weighted by Gasteiger charge is 2.13. The Kier molecular flexibility index (Phi) is 3.65. The first-order chi connectivity index (χ1) is 12.1. The maximum atomic E-state index is 14.0. The third-order valence-corrected chi connectivity index (χ3v) is 3.96.